The van der Waals surface area contributed by atoms with Crippen molar-refractivity contribution in [1.29, 1.82) is 0 Å². The summed E-state index contributed by atoms with van der Waals surface area (Å²) in [5.41, 5.74) is 1.95. The zero-order valence-electron chi connectivity index (χ0n) is 14.1. The summed E-state index contributed by atoms with van der Waals surface area (Å²) in [6.45, 7) is 11.3. The Bertz CT molecular complexity index is 677. The fraction of sp³-hybridized carbons (Fsp3) is 0.474. The minimum atomic E-state index is -0.312. The van der Waals surface area contributed by atoms with Crippen molar-refractivity contribution in [2.24, 2.45) is 5.41 Å². The molecule has 1 fully saturated rings. The first-order valence-electron chi connectivity index (χ1n) is 8.15. The van der Waals surface area contributed by atoms with Crippen LogP contribution in [0.3, 0.4) is 0 Å². The molecule has 3 rings (SSSR count). The van der Waals surface area contributed by atoms with Gasteiger partial charge in [-0.3, -0.25) is 9.59 Å². The Labute approximate surface area is 137 Å². The average molecular weight is 312 g/mol. The Kier molecular flexibility index (Phi) is 3.58. The molecule has 1 N–H and O–H groups in total. The summed E-state index contributed by atoms with van der Waals surface area (Å²) in [5.74, 6) is 0.0319. The Balaban J connectivity index is 1.76. The van der Waals surface area contributed by atoms with E-state index in [1.54, 1.807) is 0 Å². The average Bonchev–Trinajstić information content (AvgIpc) is 2.79. The molecule has 4 nitrogen and oxygen atoms in total. The largest absolute Gasteiger partial charge is 0.342 e. The smallest absolute Gasteiger partial charge is 0.252 e. The van der Waals surface area contributed by atoms with E-state index in [9.17, 15) is 9.59 Å². The lowest BCUT2D eigenvalue weighted by Crippen LogP contribution is -2.51. The highest BCUT2D eigenvalue weighted by atomic mass is 16.2. The van der Waals surface area contributed by atoms with Crippen LogP contribution in [0.1, 0.15) is 49.5 Å². The molecule has 0 bridgehead atoms. The van der Waals surface area contributed by atoms with Gasteiger partial charge in [0.15, 0.2) is 0 Å². The highest BCUT2D eigenvalue weighted by Crippen LogP contribution is 2.40. The SMILES string of the molecule is C=C(C(=O)N1CCC2(CC1)NC(=O)c1ccccc12)C(C)(C)C. The molecule has 2 amide bonds. The third-order valence-electron chi connectivity index (χ3n) is 5.11. The molecule has 0 saturated carbocycles. The number of nitrogens with zero attached hydrogens (tertiary/aromatic N) is 1. The van der Waals surface area contributed by atoms with Crippen molar-refractivity contribution < 1.29 is 9.59 Å². The molecule has 0 aromatic heterocycles. The second-order valence-electron chi connectivity index (χ2n) is 7.60. The van der Waals surface area contributed by atoms with Crippen LogP contribution >= 0.6 is 0 Å². The zero-order chi connectivity index (χ0) is 16.8. The maximum absolute atomic E-state index is 12.6. The number of rotatable bonds is 1. The van der Waals surface area contributed by atoms with E-state index in [1.807, 2.05) is 49.9 Å². The molecular formula is C19H24N2O2. The van der Waals surface area contributed by atoms with Crippen molar-refractivity contribution in [3.8, 4) is 0 Å². The highest BCUT2D eigenvalue weighted by Gasteiger charge is 2.45. The van der Waals surface area contributed by atoms with Crippen LogP contribution < -0.4 is 5.32 Å². The molecule has 1 aromatic rings. The number of hydrogen-bond acceptors (Lipinski definition) is 2. The first-order valence-corrected chi connectivity index (χ1v) is 8.15. The number of carbonyl (C=O) groups excluding carboxylic acids is 2. The Morgan fingerprint density at radius 1 is 1.22 bits per heavy atom. The highest BCUT2D eigenvalue weighted by molar-refractivity contribution is 6.00. The minimum absolute atomic E-state index is 0.000484. The standard InChI is InChI=1S/C19H24N2O2/c1-13(18(2,3)4)17(23)21-11-9-19(10-12-21)15-8-6-5-7-14(15)16(22)20-19/h5-8H,1,9-12H2,2-4H3,(H,20,22). The maximum Gasteiger partial charge on any atom is 0.252 e. The van der Waals surface area contributed by atoms with Gasteiger partial charge in [-0.15, -0.1) is 0 Å². The lowest BCUT2D eigenvalue weighted by molar-refractivity contribution is -0.129. The van der Waals surface area contributed by atoms with Gasteiger partial charge < -0.3 is 10.2 Å². The van der Waals surface area contributed by atoms with Gasteiger partial charge in [-0.2, -0.15) is 0 Å². The number of nitrogens with one attached hydrogen (secondary N) is 1. The number of piperidine rings is 1. The van der Waals surface area contributed by atoms with Crippen molar-refractivity contribution in [3.05, 3.63) is 47.5 Å². The third-order valence-corrected chi connectivity index (χ3v) is 5.11. The topological polar surface area (TPSA) is 49.4 Å². The van der Waals surface area contributed by atoms with E-state index < -0.39 is 0 Å². The molecule has 122 valence electrons. The molecule has 0 radical (unpaired) electrons. The first-order chi connectivity index (χ1) is 10.7. The molecule has 0 aliphatic carbocycles. The molecule has 0 atom stereocenters. The summed E-state index contributed by atoms with van der Waals surface area (Å²) in [7, 11) is 0. The summed E-state index contributed by atoms with van der Waals surface area (Å²) in [4.78, 5) is 26.7. The number of amides is 2. The van der Waals surface area contributed by atoms with Gasteiger partial charge in [-0.05, 0) is 29.9 Å². The summed E-state index contributed by atoms with van der Waals surface area (Å²) < 4.78 is 0. The molecular weight excluding hydrogens is 288 g/mol. The fourth-order valence-electron chi connectivity index (χ4n) is 3.45. The molecule has 1 aromatic carbocycles. The van der Waals surface area contributed by atoms with E-state index in [0.717, 1.165) is 24.0 Å². The van der Waals surface area contributed by atoms with Crippen molar-refractivity contribution >= 4 is 11.8 Å². The van der Waals surface area contributed by atoms with Gasteiger partial charge in [0.05, 0.1) is 5.54 Å². The molecule has 2 heterocycles. The summed E-state index contributed by atoms with van der Waals surface area (Å²) >= 11 is 0. The summed E-state index contributed by atoms with van der Waals surface area (Å²) in [5, 5.41) is 3.15. The van der Waals surface area contributed by atoms with Crippen molar-refractivity contribution in [1.82, 2.24) is 10.2 Å². The van der Waals surface area contributed by atoms with Crippen LogP contribution in [0, 0.1) is 5.41 Å². The fourth-order valence-corrected chi connectivity index (χ4v) is 3.45. The number of hydrogen-bond donors (Lipinski definition) is 1. The molecule has 1 saturated heterocycles. The van der Waals surface area contributed by atoms with Crippen LogP contribution in [0.2, 0.25) is 0 Å². The van der Waals surface area contributed by atoms with E-state index in [0.29, 0.717) is 18.7 Å². The zero-order valence-corrected chi connectivity index (χ0v) is 14.1. The van der Waals surface area contributed by atoms with Crippen LogP contribution in [0.5, 0.6) is 0 Å². The molecule has 4 heteroatoms. The molecule has 2 aliphatic rings. The van der Waals surface area contributed by atoms with Crippen LogP contribution in [0.15, 0.2) is 36.4 Å². The second-order valence-corrected chi connectivity index (χ2v) is 7.60. The van der Waals surface area contributed by atoms with Gasteiger partial charge in [0, 0.05) is 24.2 Å². The lowest BCUT2D eigenvalue weighted by atomic mass is 9.81. The van der Waals surface area contributed by atoms with E-state index in [4.69, 9.17) is 0 Å². The quantitative estimate of drug-likeness (QED) is 0.811. The Hall–Kier alpha value is -2.10. The monoisotopic (exact) mass is 312 g/mol. The van der Waals surface area contributed by atoms with Crippen molar-refractivity contribution in [2.75, 3.05) is 13.1 Å². The van der Waals surface area contributed by atoms with Gasteiger partial charge in [0.25, 0.3) is 5.91 Å². The molecule has 2 aliphatic heterocycles. The Morgan fingerprint density at radius 2 is 1.83 bits per heavy atom. The van der Waals surface area contributed by atoms with Gasteiger partial charge in [-0.25, -0.2) is 0 Å². The number of likely N-dealkylation sites (tertiary alicyclic amines) is 1. The maximum atomic E-state index is 12.6. The van der Waals surface area contributed by atoms with E-state index in [2.05, 4.69) is 11.9 Å². The minimum Gasteiger partial charge on any atom is -0.342 e. The summed E-state index contributed by atoms with van der Waals surface area (Å²) in [6.07, 6.45) is 1.50. The third kappa shape index (κ3) is 2.56. The number of fused-ring (bicyclic) bond motifs is 2. The van der Waals surface area contributed by atoms with Gasteiger partial charge in [0.1, 0.15) is 0 Å². The van der Waals surface area contributed by atoms with E-state index in [1.165, 1.54) is 0 Å². The Morgan fingerprint density at radius 3 is 2.43 bits per heavy atom. The lowest BCUT2D eigenvalue weighted by Gasteiger charge is -2.41. The van der Waals surface area contributed by atoms with Gasteiger partial charge in [0.2, 0.25) is 5.91 Å². The molecule has 23 heavy (non-hydrogen) atoms. The number of benzene rings is 1. The first kappa shape index (κ1) is 15.8. The van der Waals surface area contributed by atoms with Crippen LogP contribution in [-0.4, -0.2) is 29.8 Å². The van der Waals surface area contributed by atoms with Crippen molar-refractivity contribution in [2.45, 2.75) is 39.2 Å². The summed E-state index contributed by atoms with van der Waals surface area (Å²) in [6, 6.07) is 7.76. The van der Waals surface area contributed by atoms with E-state index >= 15 is 0 Å². The van der Waals surface area contributed by atoms with Crippen LogP contribution in [0.4, 0.5) is 0 Å². The van der Waals surface area contributed by atoms with Crippen LogP contribution in [-0.2, 0) is 10.3 Å². The second kappa shape index (κ2) is 5.22. The number of carbonyl (C=O) groups is 2. The molecule has 0 unspecified atom stereocenters. The van der Waals surface area contributed by atoms with Crippen LogP contribution in [0.25, 0.3) is 0 Å². The predicted molar refractivity (Wildman–Crippen MR) is 90.0 cm³/mol. The van der Waals surface area contributed by atoms with Gasteiger partial charge >= 0.3 is 0 Å². The van der Waals surface area contributed by atoms with Crippen molar-refractivity contribution in [3.63, 3.8) is 0 Å². The van der Waals surface area contributed by atoms with Gasteiger partial charge in [-0.1, -0.05) is 45.5 Å². The molecule has 1 spiro atoms. The van der Waals surface area contributed by atoms with E-state index in [-0.39, 0.29) is 22.8 Å². The predicted octanol–water partition coefficient (Wildman–Crippen LogP) is 2.85. The normalized spacial score (nSPS) is 19.4.